The quantitative estimate of drug-likeness (QED) is 0.600. The molecule has 1 aliphatic rings. The van der Waals surface area contributed by atoms with Crippen molar-refractivity contribution in [1.29, 1.82) is 0 Å². The Hall–Kier alpha value is -3.48. The van der Waals surface area contributed by atoms with Gasteiger partial charge in [-0.3, -0.25) is 14.4 Å². The second-order valence-electron chi connectivity index (χ2n) is 8.03. The van der Waals surface area contributed by atoms with Gasteiger partial charge in [-0.25, -0.2) is 4.68 Å². The minimum atomic E-state index is -0.195. The van der Waals surface area contributed by atoms with Gasteiger partial charge in [-0.15, -0.1) is 0 Å². The van der Waals surface area contributed by atoms with Gasteiger partial charge >= 0.3 is 0 Å². The van der Waals surface area contributed by atoms with Crippen LogP contribution < -0.4 is 5.56 Å². The van der Waals surface area contributed by atoms with Crippen molar-refractivity contribution in [3.63, 3.8) is 0 Å². The fourth-order valence-electron chi connectivity index (χ4n) is 4.16. The molecule has 0 radical (unpaired) electrons. The number of fused-ring (bicyclic) bond motifs is 1. The summed E-state index contributed by atoms with van der Waals surface area (Å²) in [5, 5.41) is 5.43. The van der Waals surface area contributed by atoms with E-state index in [4.69, 9.17) is 0 Å². The Morgan fingerprint density at radius 1 is 0.875 bits per heavy atom. The van der Waals surface area contributed by atoms with Crippen LogP contribution in [-0.4, -0.2) is 57.6 Å². The second-order valence-corrected chi connectivity index (χ2v) is 8.03. The highest BCUT2D eigenvalue weighted by Crippen LogP contribution is 2.17. The number of hydrogen-bond acceptors (Lipinski definition) is 4. The lowest BCUT2D eigenvalue weighted by atomic mass is 10.1. The molecule has 0 saturated carbocycles. The zero-order valence-electron chi connectivity index (χ0n) is 18.4. The molecule has 7 nitrogen and oxygen atoms in total. The van der Waals surface area contributed by atoms with Crippen LogP contribution >= 0.6 is 0 Å². The first-order chi connectivity index (χ1) is 15.6. The predicted octanol–water partition coefficient (Wildman–Crippen LogP) is 2.72. The zero-order valence-corrected chi connectivity index (χ0v) is 18.4. The van der Waals surface area contributed by atoms with E-state index in [0.29, 0.717) is 55.6 Å². The maximum atomic E-state index is 13.2. The molecule has 1 aromatic heterocycles. The van der Waals surface area contributed by atoms with Crippen LogP contribution in [0, 0.1) is 0 Å². The molecule has 3 aromatic rings. The lowest BCUT2D eigenvalue weighted by molar-refractivity contribution is -0.132. The van der Waals surface area contributed by atoms with E-state index < -0.39 is 0 Å². The van der Waals surface area contributed by atoms with Crippen molar-refractivity contribution in [2.24, 2.45) is 0 Å². The Kier molecular flexibility index (Phi) is 6.63. The summed E-state index contributed by atoms with van der Waals surface area (Å²) in [6.45, 7) is 4.19. The van der Waals surface area contributed by atoms with Gasteiger partial charge in [0.1, 0.15) is 0 Å². The lowest BCUT2D eigenvalue weighted by Crippen LogP contribution is -2.51. The first-order valence-electron chi connectivity index (χ1n) is 11.2. The molecule has 2 amide bonds. The number of hydrogen-bond donors (Lipinski definition) is 0. The van der Waals surface area contributed by atoms with E-state index in [0.717, 1.165) is 12.8 Å². The minimum absolute atomic E-state index is 0.135. The SMILES string of the molecule is CCn1nc(C(=O)N2CCN(C(=O)CCCc3ccccc3)CC2)c2ccccc2c1=O. The van der Waals surface area contributed by atoms with Gasteiger partial charge in [0.25, 0.3) is 11.5 Å². The summed E-state index contributed by atoms with van der Waals surface area (Å²) in [6, 6.07) is 17.3. The Bertz CT molecular complexity index is 1160. The Morgan fingerprint density at radius 3 is 2.19 bits per heavy atom. The molecule has 0 unspecified atom stereocenters. The highest BCUT2D eigenvalue weighted by atomic mass is 16.2. The number of nitrogens with zero attached hydrogens (tertiary/aromatic N) is 4. The van der Waals surface area contributed by atoms with E-state index in [1.54, 1.807) is 23.1 Å². The summed E-state index contributed by atoms with van der Waals surface area (Å²) in [5.41, 5.74) is 1.35. The molecule has 1 fully saturated rings. The summed E-state index contributed by atoms with van der Waals surface area (Å²) in [4.78, 5) is 42.0. The minimum Gasteiger partial charge on any atom is -0.339 e. The topological polar surface area (TPSA) is 75.5 Å². The van der Waals surface area contributed by atoms with Crippen LogP contribution in [0.4, 0.5) is 0 Å². The molecule has 0 spiro atoms. The van der Waals surface area contributed by atoms with Gasteiger partial charge in [-0.05, 0) is 31.4 Å². The monoisotopic (exact) mass is 432 g/mol. The Morgan fingerprint density at radius 2 is 1.50 bits per heavy atom. The van der Waals surface area contributed by atoms with Crippen molar-refractivity contribution in [2.75, 3.05) is 26.2 Å². The second kappa shape index (κ2) is 9.77. The molecule has 1 saturated heterocycles. The van der Waals surface area contributed by atoms with Crippen molar-refractivity contribution in [3.05, 3.63) is 76.2 Å². The molecule has 0 aliphatic carbocycles. The largest absolute Gasteiger partial charge is 0.339 e. The number of rotatable bonds is 6. The standard InChI is InChI=1S/C25H28N4O3/c1-2-29-24(31)21-13-7-6-12-20(21)23(26-29)25(32)28-17-15-27(16-18-28)22(30)14-8-11-19-9-4-3-5-10-19/h3-7,9-10,12-13H,2,8,11,14-18H2,1H3. The van der Waals surface area contributed by atoms with E-state index in [1.807, 2.05) is 36.1 Å². The van der Waals surface area contributed by atoms with Crippen molar-refractivity contribution in [3.8, 4) is 0 Å². The van der Waals surface area contributed by atoms with Crippen LogP contribution in [0.25, 0.3) is 10.8 Å². The van der Waals surface area contributed by atoms with Gasteiger partial charge in [0.05, 0.1) is 5.39 Å². The predicted molar refractivity (Wildman–Crippen MR) is 124 cm³/mol. The van der Waals surface area contributed by atoms with Crippen LogP contribution in [0.5, 0.6) is 0 Å². The number of benzene rings is 2. The van der Waals surface area contributed by atoms with E-state index in [9.17, 15) is 14.4 Å². The van der Waals surface area contributed by atoms with Crippen molar-refractivity contribution in [2.45, 2.75) is 32.7 Å². The molecule has 0 bridgehead atoms. The van der Waals surface area contributed by atoms with Gasteiger partial charge < -0.3 is 9.80 Å². The van der Waals surface area contributed by atoms with Crippen LogP contribution in [0.15, 0.2) is 59.4 Å². The fraction of sp³-hybridized carbons (Fsp3) is 0.360. The summed E-state index contributed by atoms with van der Waals surface area (Å²) in [6.07, 6.45) is 2.21. The number of carbonyl (C=O) groups excluding carboxylic acids is 2. The van der Waals surface area contributed by atoms with Gasteiger partial charge in [0.2, 0.25) is 5.91 Å². The summed E-state index contributed by atoms with van der Waals surface area (Å²) in [5.74, 6) is -0.0595. The highest BCUT2D eigenvalue weighted by molar-refractivity contribution is 6.04. The molecular weight excluding hydrogens is 404 g/mol. The lowest BCUT2D eigenvalue weighted by Gasteiger charge is -2.34. The van der Waals surface area contributed by atoms with Crippen LogP contribution in [0.3, 0.4) is 0 Å². The van der Waals surface area contributed by atoms with Gasteiger partial charge in [-0.1, -0.05) is 48.5 Å². The third kappa shape index (κ3) is 4.56. The van der Waals surface area contributed by atoms with Crippen molar-refractivity contribution >= 4 is 22.6 Å². The van der Waals surface area contributed by atoms with Crippen molar-refractivity contribution < 1.29 is 9.59 Å². The molecule has 32 heavy (non-hydrogen) atoms. The first kappa shape index (κ1) is 21.7. The molecule has 166 valence electrons. The van der Waals surface area contributed by atoms with E-state index in [1.165, 1.54) is 10.2 Å². The summed E-state index contributed by atoms with van der Waals surface area (Å²) in [7, 11) is 0. The Labute approximate surface area is 187 Å². The molecule has 2 aromatic carbocycles. The van der Waals surface area contributed by atoms with Crippen LogP contribution in [0.2, 0.25) is 0 Å². The molecule has 2 heterocycles. The zero-order chi connectivity index (χ0) is 22.5. The fourth-order valence-corrected chi connectivity index (χ4v) is 4.16. The number of amides is 2. The maximum absolute atomic E-state index is 13.2. The number of aryl methyl sites for hydroxylation is 2. The molecular formula is C25H28N4O3. The molecule has 1 aliphatic heterocycles. The average molecular weight is 433 g/mol. The average Bonchev–Trinajstić information content (AvgIpc) is 2.85. The molecule has 0 atom stereocenters. The van der Waals surface area contributed by atoms with E-state index in [2.05, 4.69) is 17.2 Å². The third-order valence-electron chi connectivity index (χ3n) is 5.99. The van der Waals surface area contributed by atoms with Crippen molar-refractivity contribution in [1.82, 2.24) is 19.6 Å². The first-order valence-corrected chi connectivity index (χ1v) is 11.2. The third-order valence-corrected chi connectivity index (χ3v) is 5.99. The number of piperazine rings is 1. The summed E-state index contributed by atoms with van der Waals surface area (Å²) >= 11 is 0. The van der Waals surface area contributed by atoms with Crippen LogP contribution in [0.1, 0.15) is 35.8 Å². The normalized spacial score (nSPS) is 14.0. The van der Waals surface area contributed by atoms with Gasteiger partial charge in [0, 0.05) is 44.5 Å². The van der Waals surface area contributed by atoms with Crippen LogP contribution in [-0.2, 0) is 17.8 Å². The Balaban J connectivity index is 1.38. The molecule has 0 N–H and O–H groups in total. The number of carbonyl (C=O) groups is 2. The smallest absolute Gasteiger partial charge is 0.275 e. The maximum Gasteiger partial charge on any atom is 0.275 e. The highest BCUT2D eigenvalue weighted by Gasteiger charge is 2.27. The molecule has 4 rings (SSSR count). The van der Waals surface area contributed by atoms with Gasteiger partial charge in [0.15, 0.2) is 5.69 Å². The molecule has 7 heteroatoms. The number of aromatic nitrogens is 2. The van der Waals surface area contributed by atoms with E-state index >= 15 is 0 Å². The van der Waals surface area contributed by atoms with Gasteiger partial charge in [-0.2, -0.15) is 5.10 Å². The summed E-state index contributed by atoms with van der Waals surface area (Å²) < 4.78 is 1.34. The van der Waals surface area contributed by atoms with E-state index in [-0.39, 0.29) is 17.4 Å².